The second kappa shape index (κ2) is 5.50. The Labute approximate surface area is 95.1 Å². The van der Waals surface area contributed by atoms with Gasteiger partial charge in [0.25, 0.3) is 0 Å². The number of hydrogen-bond donors (Lipinski definition) is 0. The van der Waals surface area contributed by atoms with Crippen LogP contribution in [0.15, 0.2) is 24.3 Å². The minimum absolute atomic E-state index is 0.0463. The topological polar surface area (TPSA) is 18.5 Å². The summed E-state index contributed by atoms with van der Waals surface area (Å²) in [7, 11) is 0. The van der Waals surface area contributed by atoms with Crippen LogP contribution < -0.4 is 0 Å². The zero-order chi connectivity index (χ0) is 10.5. The van der Waals surface area contributed by atoms with Crippen molar-refractivity contribution < 1.29 is 9.47 Å². The van der Waals surface area contributed by atoms with Crippen molar-refractivity contribution in [2.24, 2.45) is 0 Å². The zero-order valence-electron chi connectivity index (χ0n) is 8.62. The Morgan fingerprint density at radius 1 is 1.33 bits per heavy atom. The highest BCUT2D eigenvalue weighted by molar-refractivity contribution is 6.31. The first-order chi connectivity index (χ1) is 7.36. The fourth-order valence-electron chi connectivity index (χ4n) is 1.64. The molecule has 1 fully saturated rings. The van der Waals surface area contributed by atoms with Crippen LogP contribution in [0.3, 0.4) is 0 Å². The number of halogens is 1. The van der Waals surface area contributed by atoms with Crippen molar-refractivity contribution >= 4 is 11.6 Å². The molecule has 2 rings (SSSR count). The van der Waals surface area contributed by atoms with Crippen LogP contribution in [-0.2, 0) is 16.1 Å². The molecule has 0 aromatic heterocycles. The Hall–Kier alpha value is -0.570. The Morgan fingerprint density at radius 3 is 2.93 bits per heavy atom. The predicted octanol–water partition coefficient (Wildman–Crippen LogP) is 3.38. The SMILES string of the molecule is Clc1ccccc1COC1CCCCO1. The molecular formula is C12H15ClO2. The van der Waals surface area contributed by atoms with Crippen molar-refractivity contribution in [2.75, 3.05) is 6.61 Å². The number of hydrogen-bond acceptors (Lipinski definition) is 2. The summed E-state index contributed by atoms with van der Waals surface area (Å²) in [6, 6.07) is 7.74. The second-order valence-electron chi connectivity index (χ2n) is 3.70. The summed E-state index contributed by atoms with van der Waals surface area (Å²) in [5.41, 5.74) is 1.02. The van der Waals surface area contributed by atoms with E-state index in [-0.39, 0.29) is 6.29 Å². The summed E-state index contributed by atoms with van der Waals surface area (Å²) < 4.78 is 11.1. The van der Waals surface area contributed by atoms with E-state index in [4.69, 9.17) is 21.1 Å². The van der Waals surface area contributed by atoms with Crippen molar-refractivity contribution in [3.8, 4) is 0 Å². The van der Waals surface area contributed by atoms with E-state index < -0.39 is 0 Å². The number of benzene rings is 1. The fraction of sp³-hybridized carbons (Fsp3) is 0.500. The van der Waals surface area contributed by atoms with Crippen molar-refractivity contribution in [1.29, 1.82) is 0 Å². The van der Waals surface area contributed by atoms with Crippen molar-refractivity contribution in [3.63, 3.8) is 0 Å². The molecule has 1 unspecified atom stereocenters. The molecule has 2 nitrogen and oxygen atoms in total. The summed E-state index contributed by atoms with van der Waals surface area (Å²) in [6.45, 7) is 1.34. The smallest absolute Gasteiger partial charge is 0.158 e. The molecule has 0 radical (unpaired) electrons. The van der Waals surface area contributed by atoms with Gasteiger partial charge in [-0.2, -0.15) is 0 Å². The highest BCUT2D eigenvalue weighted by Gasteiger charge is 2.14. The van der Waals surface area contributed by atoms with Crippen LogP contribution in [0, 0.1) is 0 Å². The maximum Gasteiger partial charge on any atom is 0.158 e. The summed E-state index contributed by atoms with van der Waals surface area (Å²) >= 11 is 6.02. The summed E-state index contributed by atoms with van der Waals surface area (Å²) in [6.07, 6.45) is 3.28. The highest BCUT2D eigenvalue weighted by Crippen LogP contribution is 2.19. The first kappa shape index (κ1) is 10.9. The largest absolute Gasteiger partial charge is 0.353 e. The van der Waals surface area contributed by atoms with Gasteiger partial charge >= 0.3 is 0 Å². The molecule has 1 aromatic carbocycles. The van der Waals surface area contributed by atoms with Gasteiger partial charge in [0.05, 0.1) is 6.61 Å². The van der Waals surface area contributed by atoms with Crippen LogP contribution in [0.2, 0.25) is 5.02 Å². The van der Waals surface area contributed by atoms with E-state index in [0.717, 1.165) is 30.0 Å². The lowest BCUT2D eigenvalue weighted by molar-refractivity contribution is -0.168. The molecule has 82 valence electrons. The third-order valence-electron chi connectivity index (χ3n) is 2.52. The van der Waals surface area contributed by atoms with E-state index in [1.807, 2.05) is 24.3 Å². The molecule has 1 atom stereocenters. The number of ether oxygens (including phenoxy) is 2. The van der Waals surface area contributed by atoms with Gasteiger partial charge in [0.15, 0.2) is 6.29 Å². The van der Waals surface area contributed by atoms with Crippen LogP contribution in [0.1, 0.15) is 24.8 Å². The molecule has 0 bridgehead atoms. The maximum atomic E-state index is 6.02. The molecule has 1 aliphatic rings. The average molecular weight is 227 g/mol. The lowest BCUT2D eigenvalue weighted by Gasteiger charge is -2.22. The van der Waals surface area contributed by atoms with Crippen molar-refractivity contribution in [2.45, 2.75) is 32.2 Å². The average Bonchev–Trinajstić information content (AvgIpc) is 2.29. The molecule has 0 saturated carbocycles. The Balaban J connectivity index is 1.84. The van der Waals surface area contributed by atoms with Crippen LogP contribution in [0.5, 0.6) is 0 Å². The van der Waals surface area contributed by atoms with Gasteiger partial charge in [0, 0.05) is 11.6 Å². The third-order valence-corrected chi connectivity index (χ3v) is 2.89. The minimum atomic E-state index is -0.0463. The van der Waals surface area contributed by atoms with Crippen molar-refractivity contribution in [3.05, 3.63) is 34.9 Å². The van der Waals surface area contributed by atoms with Gasteiger partial charge in [0.2, 0.25) is 0 Å². The molecule has 3 heteroatoms. The van der Waals surface area contributed by atoms with E-state index in [1.54, 1.807) is 0 Å². The quantitative estimate of drug-likeness (QED) is 0.787. The fourth-order valence-corrected chi connectivity index (χ4v) is 1.83. The molecule has 0 N–H and O–H groups in total. The third kappa shape index (κ3) is 3.20. The van der Waals surface area contributed by atoms with Crippen LogP contribution in [0.25, 0.3) is 0 Å². The molecule has 0 amide bonds. The van der Waals surface area contributed by atoms with Crippen LogP contribution in [0.4, 0.5) is 0 Å². The highest BCUT2D eigenvalue weighted by atomic mass is 35.5. The van der Waals surface area contributed by atoms with Gasteiger partial charge in [-0.3, -0.25) is 0 Å². The lowest BCUT2D eigenvalue weighted by Crippen LogP contribution is -2.22. The van der Waals surface area contributed by atoms with E-state index in [9.17, 15) is 0 Å². The first-order valence-electron chi connectivity index (χ1n) is 5.33. The van der Waals surface area contributed by atoms with Crippen molar-refractivity contribution in [1.82, 2.24) is 0 Å². The molecule has 1 saturated heterocycles. The van der Waals surface area contributed by atoms with Gasteiger partial charge in [-0.05, 0) is 30.9 Å². The molecule has 1 heterocycles. The molecule has 1 aliphatic heterocycles. The monoisotopic (exact) mass is 226 g/mol. The zero-order valence-corrected chi connectivity index (χ0v) is 9.37. The summed E-state index contributed by atoms with van der Waals surface area (Å²) in [5, 5.41) is 0.758. The Morgan fingerprint density at radius 2 is 2.20 bits per heavy atom. The van der Waals surface area contributed by atoms with E-state index in [2.05, 4.69) is 0 Å². The molecule has 0 aliphatic carbocycles. The van der Waals surface area contributed by atoms with Gasteiger partial charge in [-0.1, -0.05) is 29.8 Å². The van der Waals surface area contributed by atoms with Gasteiger partial charge in [-0.25, -0.2) is 0 Å². The molecule has 1 aromatic rings. The maximum absolute atomic E-state index is 6.02. The van der Waals surface area contributed by atoms with E-state index in [0.29, 0.717) is 6.61 Å². The summed E-state index contributed by atoms with van der Waals surface area (Å²) in [4.78, 5) is 0. The molecule has 0 spiro atoms. The first-order valence-corrected chi connectivity index (χ1v) is 5.70. The Kier molecular flexibility index (Phi) is 4.01. The van der Waals surface area contributed by atoms with Gasteiger partial charge in [-0.15, -0.1) is 0 Å². The van der Waals surface area contributed by atoms with E-state index >= 15 is 0 Å². The van der Waals surface area contributed by atoms with Gasteiger partial charge < -0.3 is 9.47 Å². The van der Waals surface area contributed by atoms with Gasteiger partial charge in [0.1, 0.15) is 0 Å². The van der Waals surface area contributed by atoms with E-state index in [1.165, 1.54) is 6.42 Å². The standard InChI is InChI=1S/C12H15ClO2/c13-11-6-2-1-5-10(11)9-15-12-7-3-4-8-14-12/h1-2,5-6,12H,3-4,7-9H2. The molecule has 15 heavy (non-hydrogen) atoms. The lowest BCUT2D eigenvalue weighted by atomic mass is 10.2. The second-order valence-corrected chi connectivity index (χ2v) is 4.11. The normalized spacial score (nSPS) is 21.5. The predicted molar refractivity (Wildman–Crippen MR) is 59.8 cm³/mol. The molecular weight excluding hydrogens is 212 g/mol. The Bertz CT molecular complexity index is 308. The minimum Gasteiger partial charge on any atom is -0.353 e. The van der Waals surface area contributed by atoms with Crippen LogP contribution >= 0.6 is 11.6 Å². The van der Waals surface area contributed by atoms with Crippen LogP contribution in [-0.4, -0.2) is 12.9 Å². The summed E-state index contributed by atoms with van der Waals surface area (Å²) in [5.74, 6) is 0. The number of rotatable bonds is 3.